The minimum atomic E-state index is -4.91. The highest BCUT2D eigenvalue weighted by atomic mass is 19.4. The molecular weight excluding hydrogens is 522 g/mol. The number of methoxy groups -OCH3 is 1. The van der Waals surface area contributed by atoms with Crippen molar-refractivity contribution in [3.63, 3.8) is 0 Å². The number of alkyl halides is 3. The van der Waals surface area contributed by atoms with Crippen LogP contribution in [0, 0.1) is 5.82 Å². The van der Waals surface area contributed by atoms with Crippen molar-refractivity contribution in [1.82, 2.24) is 19.5 Å². The van der Waals surface area contributed by atoms with Gasteiger partial charge in [-0.15, -0.1) is 0 Å². The molecule has 0 radical (unpaired) electrons. The zero-order chi connectivity index (χ0) is 28.3. The van der Waals surface area contributed by atoms with Gasteiger partial charge in [-0.25, -0.2) is 18.7 Å². The van der Waals surface area contributed by atoms with Crippen LogP contribution in [-0.4, -0.2) is 58.7 Å². The number of hydrogen-bond acceptors (Lipinski definition) is 6. The number of ether oxygens (including phenoxy) is 1. The molecule has 0 fully saturated rings. The predicted octanol–water partition coefficient (Wildman–Crippen LogP) is 4.50. The summed E-state index contributed by atoms with van der Waals surface area (Å²) in [5.41, 5.74) is 6.44. The van der Waals surface area contributed by atoms with Crippen molar-refractivity contribution in [2.45, 2.75) is 6.18 Å². The monoisotopic (exact) mass is 545 g/mol. The second kappa shape index (κ2) is 10.9. The van der Waals surface area contributed by atoms with Crippen LogP contribution in [-0.2, 0) is 10.9 Å². The van der Waals surface area contributed by atoms with Crippen LogP contribution in [0.4, 0.5) is 39.5 Å². The van der Waals surface area contributed by atoms with E-state index in [4.69, 9.17) is 10.5 Å². The molecule has 4 N–H and O–H groups in total. The summed E-state index contributed by atoms with van der Waals surface area (Å²) < 4.78 is 58.9. The fourth-order valence-corrected chi connectivity index (χ4v) is 3.86. The zero-order valence-electron chi connectivity index (χ0n) is 20.7. The number of urea groups is 1. The van der Waals surface area contributed by atoms with Gasteiger partial charge in [0.2, 0.25) is 0 Å². The summed E-state index contributed by atoms with van der Waals surface area (Å²) >= 11 is 0. The Hall–Kier alpha value is -4.72. The van der Waals surface area contributed by atoms with Crippen molar-refractivity contribution < 1.29 is 31.9 Å². The second-order valence-corrected chi connectivity index (χ2v) is 8.42. The van der Waals surface area contributed by atoms with E-state index < -0.39 is 23.6 Å². The molecule has 204 valence electrons. The quantitative estimate of drug-likeness (QED) is 0.294. The minimum Gasteiger partial charge on any atom is -0.383 e. The Morgan fingerprint density at radius 3 is 2.44 bits per heavy atom. The van der Waals surface area contributed by atoms with Gasteiger partial charge < -0.3 is 26.0 Å². The molecule has 2 aromatic heterocycles. The number of nitrogen functional groups attached to an aromatic ring is 1. The normalized spacial score (nSPS) is 11.4. The van der Waals surface area contributed by atoms with E-state index in [0.29, 0.717) is 53.2 Å². The number of nitrogens with two attached hydrogens (primary N) is 1. The highest BCUT2D eigenvalue weighted by Crippen LogP contribution is 2.34. The summed E-state index contributed by atoms with van der Waals surface area (Å²) in [6.45, 7) is 0.684. The number of fused-ring (bicyclic) bond motifs is 1. The highest BCUT2D eigenvalue weighted by molar-refractivity contribution is 6.07. The maximum Gasteiger partial charge on any atom is 0.419 e. The topological polar surface area (TPSA) is 127 Å². The number of rotatable bonds is 7. The molecule has 4 rings (SSSR count). The molecule has 14 heteroatoms. The lowest BCUT2D eigenvalue weighted by Gasteiger charge is -2.17. The third kappa shape index (κ3) is 5.90. The maximum atomic E-state index is 13.5. The van der Waals surface area contributed by atoms with Crippen LogP contribution in [0.3, 0.4) is 0 Å². The number of nitrogens with zero attached hydrogens (tertiary/aromatic N) is 4. The van der Waals surface area contributed by atoms with Crippen molar-refractivity contribution in [1.29, 1.82) is 0 Å². The highest BCUT2D eigenvalue weighted by Gasteiger charge is 2.34. The molecule has 0 bridgehead atoms. The molecule has 0 atom stereocenters. The van der Waals surface area contributed by atoms with E-state index in [1.807, 2.05) is 0 Å². The number of likely N-dealkylation sites (N-methyl/N-ethyl adjacent to an activating group) is 1. The van der Waals surface area contributed by atoms with Crippen LogP contribution in [0.5, 0.6) is 0 Å². The average Bonchev–Trinajstić information content (AvgIpc) is 3.28. The van der Waals surface area contributed by atoms with Crippen LogP contribution in [0.15, 0.2) is 55.0 Å². The number of halogens is 4. The van der Waals surface area contributed by atoms with Crippen LogP contribution < -0.4 is 16.4 Å². The Morgan fingerprint density at radius 2 is 1.77 bits per heavy atom. The minimum absolute atomic E-state index is 0.151. The summed E-state index contributed by atoms with van der Waals surface area (Å²) in [7, 11) is 3.16. The fraction of sp³-hybridized carbons (Fsp3) is 0.200. The van der Waals surface area contributed by atoms with E-state index >= 15 is 0 Å². The summed E-state index contributed by atoms with van der Waals surface area (Å²) in [6.07, 6.45) is -2.10. The molecule has 0 spiro atoms. The molecule has 0 saturated heterocycles. The standard InChI is InChI=1S/C25H23F4N7O3/c1-35(9-10-39-2)23(37)17-12-36-21(22(30)31-13-32-36)20(17)14-3-5-15(6-4-14)33-24(38)34-16-7-8-19(26)18(11-16)25(27,28)29/h3-8,11-13H,9-10H2,1-2H3,(H2,30,31,32)(H2,33,34,38). The van der Waals surface area contributed by atoms with Gasteiger partial charge in [0.15, 0.2) is 5.82 Å². The molecule has 0 saturated carbocycles. The smallest absolute Gasteiger partial charge is 0.383 e. The molecule has 4 aromatic rings. The summed E-state index contributed by atoms with van der Waals surface area (Å²) in [5.74, 6) is -1.60. The second-order valence-electron chi connectivity index (χ2n) is 8.42. The van der Waals surface area contributed by atoms with Crippen molar-refractivity contribution in [3.05, 3.63) is 71.9 Å². The van der Waals surface area contributed by atoms with Gasteiger partial charge in [-0.3, -0.25) is 4.79 Å². The Kier molecular flexibility index (Phi) is 7.67. The average molecular weight is 545 g/mol. The van der Waals surface area contributed by atoms with E-state index in [9.17, 15) is 27.2 Å². The summed E-state index contributed by atoms with van der Waals surface area (Å²) in [6, 6.07) is 7.62. The molecule has 0 aliphatic heterocycles. The van der Waals surface area contributed by atoms with Gasteiger partial charge in [0, 0.05) is 43.8 Å². The number of amides is 3. The van der Waals surface area contributed by atoms with Crippen molar-refractivity contribution in [2.24, 2.45) is 0 Å². The van der Waals surface area contributed by atoms with E-state index in [1.165, 1.54) is 35.0 Å². The Bertz CT molecular complexity index is 1520. The third-order valence-electron chi connectivity index (χ3n) is 5.77. The van der Waals surface area contributed by atoms with Gasteiger partial charge in [-0.05, 0) is 35.9 Å². The Balaban J connectivity index is 1.59. The van der Waals surface area contributed by atoms with Gasteiger partial charge in [0.25, 0.3) is 5.91 Å². The van der Waals surface area contributed by atoms with Crippen LogP contribution in [0.25, 0.3) is 16.6 Å². The number of carbonyl (C=O) groups excluding carboxylic acids is 2. The third-order valence-corrected chi connectivity index (χ3v) is 5.77. The lowest BCUT2D eigenvalue weighted by Crippen LogP contribution is -2.30. The Morgan fingerprint density at radius 1 is 1.10 bits per heavy atom. The molecule has 3 amide bonds. The van der Waals surface area contributed by atoms with Crippen molar-refractivity contribution >= 4 is 34.6 Å². The number of hydrogen-bond donors (Lipinski definition) is 3. The lowest BCUT2D eigenvalue weighted by atomic mass is 10.0. The van der Waals surface area contributed by atoms with Gasteiger partial charge in [0.1, 0.15) is 17.7 Å². The molecule has 39 heavy (non-hydrogen) atoms. The number of anilines is 3. The molecular formula is C25H23F4N7O3. The first-order valence-electron chi connectivity index (χ1n) is 11.4. The van der Waals surface area contributed by atoms with Gasteiger partial charge in [-0.2, -0.15) is 18.3 Å². The molecule has 2 aromatic carbocycles. The van der Waals surface area contributed by atoms with Crippen molar-refractivity contribution in [2.75, 3.05) is 43.7 Å². The summed E-state index contributed by atoms with van der Waals surface area (Å²) in [5, 5.41) is 8.89. The number of aromatic nitrogens is 3. The van der Waals surface area contributed by atoms with Crippen LogP contribution in [0.1, 0.15) is 15.9 Å². The first-order chi connectivity index (χ1) is 18.5. The maximum absolute atomic E-state index is 13.5. The lowest BCUT2D eigenvalue weighted by molar-refractivity contribution is -0.139. The number of benzene rings is 2. The van der Waals surface area contributed by atoms with E-state index in [1.54, 1.807) is 25.4 Å². The van der Waals surface area contributed by atoms with Gasteiger partial charge in [-0.1, -0.05) is 12.1 Å². The van der Waals surface area contributed by atoms with Crippen LogP contribution >= 0.6 is 0 Å². The molecule has 0 unspecified atom stereocenters. The molecule has 10 nitrogen and oxygen atoms in total. The first kappa shape index (κ1) is 27.3. The van der Waals surface area contributed by atoms with Crippen molar-refractivity contribution in [3.8, 4) is 11.1 Å². The number of nitrogens with one attached hydrogen (secondary N) is 2. The zero-order valence-corrected chi connectivity index (χ0v) is 20.7. The first-order valence-corrected chi connectivity index (χ1v) is 11.4. The Labute approximate surface area is 219 Å². The number of carbonyl (C=O) groups is 2. The summed E-state index contributed by atoms with van der Waals surface area (Å²) in [4.78, 5) is 31.1. The SMILES string of the molecule is COCCN(C)C(=O)c1cn2ncnc(N)c2c1-c1ccc(NC(=O)Nc2ccc(F)c(C(F)(F)F)c2)cc1. The fourth-order valence-electron chi connectivity index (χ4n) is 3.86. The van der Waals surface area contributed by atoms with Gasteiger partial charge >= 0.3 is 12.2 Å². The largest absolute Gasteiger partial charge is 0.419 e. The van der Waals surface area contributed by atoms with E-state index in [0.717, 1.165) is 6.07 Å². The van der Waals surface area contributed by atoms with Gasteiger partial charge in [0.05, 0.1) is 17.7 Å². The predicted molar refractivity (Wildman–Crippen MR) is 136 cm³/mol. The van der Waals surface area contributed by atoms with E-state index in [-0.39, 0.29) is 17.4 Å². The molecule has 2 heterocycles. The molecule has 0 aliphatic rings. The van der Waals surface area contributed by atoms with Crippen LogP contribution in [0.2, 0.25) is 0 Å². The molecule has 0 aliphatic carbocycles. The van der Waals surface area contributed by atoms with E-state index in [2.05, 4.69) is 20.7 Å².